The Morgan fingerprint density at radius 2 is 2.00 bits per heavy atom. The molecule has 34 heavy (non-hydrogen) atoms. The number of ether oxygens (including phenoxy) is 5. The summed E-state index contributed by atoms with van der Waals surface area (Å²) < 4.78 is 27.8. The van der Waals surface area contributed by atoms with Gasteiger partial charge in [-0.15, -0.1) is 0 Å². The van der Waals surface area contributed by atoms with Crippen molar-refractivity contribution in [1.82, 2.24) is 10.6 Å². The number of hydrogen-bond donors (Lipinski definition) is 8. The zero-order valence-corrected chi connectivity index (χ0v) is 19.0. The molecule has 0 aromatic carbocycles. The Balaban J connectivity index is 1.68. The highest BCUT2D eigenvalue weighted by molar-refractivity contribution is 5.86. The molecule has 3 rings (SSSR count). The van der Waals surface area contributed by atoms with E-state index in [-0.39, 0.29) is 25.3 Å². The predicted molar refractivity (Wildman–Crippen MR) is 116 cm³/mol. The molecule has 1 saturated carbocycles. The zero-order valence-electron chi connectivity index (χ0n) is 19.0. The van der Waals surface area contributed by atoms with Crippen molar-refractivity contribution in [2.24, 2.45) is 10.9 Å². The average Bonchev–Trinajstić information content (AvgIpc) is 2.80. The van der Waals surface area contributed by atoms with Crippen molar-refractivity contribution in [3.63, 3.8) is 0 Å². The molecule has 0 aromatic rings. The molecule has 2 heterocycles. The lowest BCUT2D eigenvalue weighted by atomic mass is 9.83. The first-order valence-electron chi connectivity index (χ1n) is 11.1. The van der Waals surface area contributed by atoms with Crippen molar-refractivity contribution >= 4 is 11.8 Å². The fraction of sp³-hybridized carbons (Fsp3) is 0.895. The Hall–Kier alpha value is -1.82. The summed E-state index contributed by atoms with van der Waals surface area (Å²) in [6, 6.07) is -2.88. The van der Waals surface area contributed by atoms with Crippen LogP contribution >= 0.6 is 0 Å². The van der Waals surface area contributed by atoms with Crippen LogP contribution in [0.4, 0.5) is 0 Å². The van der Waals surface area contributed by atoms with Gasteiger partial charge in [0.2, 0.25) is 6.29 Å². The van der Waals surface area contributed by atoms with Crippen LogP contribution in [0.3, 0.4) is 0 Å². The molecule has 2 saturated heterocycles. The van der Waals surface area contributed by atoms with Crippen molar-refractivity contribution in [3.05, 3.63) is 4.91 Å². The van der Waals surface area contributed by atoms with Crippen molar-refractivity contribution in [3.8, 4) is 0 Å². The topological polar surface area (TPSA) is 234 Å². The summed E-state index contributed by atoms with van der Waals surface area (Å²) in [5.74, 6) is 0. The van der Waals surface area contributed by atoms with E-state index in [4.69, 9.17) is 45.3 Å². The SMILES string of the molecule is CNC1C(OC(=N)OCCO)O[C@H]2CC(=N)[C@@H](O[C@@H]3C(N)C[C@@H](NC)C(N=O)C3O)OC2C1O. The fourth-order valence-electron chi connectivity index (χ4n) is 4.59. The van der Waals surface area contributed by atoms with E-state index in [9.17, 15) is 15.1 Å². The summed E-state index contributed by atoms with van der Waals surface area (Å²) in [5, 5.41) is 55.2. The minimum absolute atomic E-state index is 0.0140. The summed E-state index contributed by atoms with van der Waals surface area (Å²) in [6.45, 7) is -0.438. The largest absolute Gasteiger partial charge is 0.448 e. The van der Waals surface area contributed by atoms with Gasteiger partial charge in [0.25, 0.3) is 0 Å². The Morgan fingerprint density at radius 1 is 1.26 bits per heavy atom. The quantitative estimate of drug-likeness (QED) is 0.0963. The normalized spacial score (nSPS) is 42.5. The van der Waals surface area contributed by atoms with Gasteiger partial charge in [0.15, 0.2) is 6.29 Å². The van der Waals surface area contributed by atoms with E-state index in [0.717, 1.165) is 0 Å². The number of nitrogens with one attached hydrogen (secondary N) is 4. The van der Waals surface area contributed by atoms with Gasteiger partial charge in [-0.25, -0.2) is 5.41 Å². The maximum atomic E-state index is 11.3. The molecule has 15 heteroatoms. The molecule has 1 aliphatic carbocycles. The van der Waals surface area contributed by atoms with Crippen LogP contribution < -0.4 is 16.4 Å². The molecule has 3 aliphatic rings. The van der Waals surface area contributed by atoms with E-state index >= 15 is 0 Å². The number of fused-ring (bicyclic) bond motifs is 1. The van der Waals surface area contributed by atoms with Gasteiger partial charge in [0.05, 0.1) is 24.5 Å². The minimum atomic E-state index is -1.31. The van der Waals surface area contributed by atoms with Crippen molar-refractivity contribution < 1.29 is 39.0 Å². The highest BCUT2D eigenvalue weighted by atomic mass is 16.8. The third-order valence-corrected chi connectivity index (χ3v) is 6.36. The summed E-state index contributed by atoms with van der Waals surface area (Å²) in [7, 11) is 3.20. The number of hydrogen-bond acceptors (Lipinski definition) is 15. The van der Waals surface area contributed by atoms with Crippen LogP contribution in [-0.2, 0) is 23.7 Å². The van der Waals surface area contributed by atoms with Crippen LogP contribution in [0.1, 0.15) is 12.8 Å². The van der Waals surface area contributed by atoms with E-state index in [1.165, 1.54) is 0 Å². The standard InChI is InChI=1S/C19H34N6O9/c1-23-9-5-7(20)15(13(27)11(9)25-29)32-17-8(21)6-10-16(33-17)14(28)12(24-2)18(31-10)34-19(22)30-4-3-26/h7,9-18,21-24,26-28H,3-6,20H2,1-2H3/t7?,9-,10+,11?,12?,13?,14?,15-,16?,17+,18?/m1/s1. The third kappa shape index (κ3) is 5.53. The first kappa shape index (κ1) is 26.8. The number of rotatable bonds is 8. The van der Waals surface area contributed by atoms with Gasteiger partial charge >= 0.3 is 6.08 Å². The van der Waals surface area contributed by atoms with Crippen molar-refractivity contribution in [2.75, 3.05) is 27.3 Å². The Morgan fingerprint density at radius 3 is 2.62 bits per heavy atom. The van der Waals surface area contributed by atoms with Crippen LogP contribution in [-0.4, -0.2) is 122 Å². The maximum Gasteiger partial charge on any atom is 0.383 e. The summed E-state index contributed by atoms with van der Waals surface area (Å²) in [4.78, 5) is 11.3. The average molecular weight is 491 g/mol. The molecule has 0 radical (unpaired) electrons. The zero-order chi connectivity index (χ0) is 25.0. The van der Waals surface area contributed by atoms with Crippen LogP contribution in [0.25, 0.3) is 0 Å². The van der Waals surface area contributed by atoms with Crippen molar-refractivity contribution in [2.45, 2.75) is 80.1 Å². The molecule has 0 spiro atoms. The first-order chi connectivity index (χ1) is 16.2. The van der Waals surface area contributed by atoms with E-state index in [1.807, 2.05) is 0 Å². The second-order valence-corrected chi connectivity index (χ2v) is 8.47. The number of aliphatic hydroxyl groups is 3. The first-order valence-corrected chi connectivity index (χ1v) is 11.1. The number of nitrogens with zero attached hydrogens (tertiary/aromatic N) is 1. The minimum Gasteiger partial charge on any atom is -0.448 e. The lowest BCUT2D eigenvalue weighted by Crippen LogP contribution is -2.67. The Kier molecular flexibility index (Phi) is 9.25. The summed E-state index contributed by atoms with van der Waals surface area (Å²) in [5.41, 5.74) is 6.15. The molecule has 11 atom stereocenters. The number of aliphatic hydroxyl groups excluding tert-OH is 3. The van der Waals surface area contributed by atoms with Gasteiger partial charge in [-0.3, -0.25) is 0 Å². The van der Waals surface area contributed by atoms with Gasteiger partial charge in [0, 0.05) is 18.5 Å². The monoisotopic (exact) mass is 490 g/mol. The van der Waals surface area contributed by atoms with E-state index in [0.29, 0.717) is 6.42 Å². The summed E-state index contributed by atoms with van der Waals surface area (Å²) in [6.07, 6.45) is -7.82. The molecule has 194 valence electrons. The van der Waals surface area contributed by atoms with Crippen LogP contribution in [0.2, 0.25) is 0 Å². The second kappa shape index (κ2) is 11.7. The molecular formula is C19H34N6O9. The second-order valence-electron chi connectivity index (χ2n) is 8.47. The van der Waals surface area contributed by atoms with E-state index in [2.05, 4.69) is 15.8 Å². The van der Waals surface area contributed by atoms with Crippen molar-refractivity contribution in [1.29, 1.82) is 10.8 Å². The highest BCUT2D eigenvalue weighted by Gasteiger charge is 2.52. The predicted octanol–water partition coefficient (Wildman–Crippen LogP) is -3.04. The third-order valence-electron chi connectivity index (χ3n) is 6.36. The lowest BCUT2D eigenvalue weighted by molar-refractivity contribution is -0.295. The van der Waals surface area contributed by atoms with Gasteiger partial charge in [0.1, 0.15) is 37.1 Å². The Bertz CT molecular complexity index is 732. The van der Waals surface area contributed by atoms with Gasteiger partial charge < -0.3 is 60.8 Å². The van der Waals surface area contributed by atoms with E-state index in [1.54, 1.807) is 14.1 Å². The number of nitrogens with two attached hydrogens (primary N) is 1. The van der Waals surface area contributed by atoms with Gasteiger partial charge in [-0.05, 0) is 20.5 Å². The molecule has 2 aliphatic heterocycles. The molecule has 0 aromatic heterocycles. The molecule has 0 bridgehead atoms. The molecule has 15 nitrogen and oxygen atoms in total. The highest BCUT2D eigenvalue weighted by Crippen LogP contribution is 2.33. The van der Waals surface area contributed by atoms with Crippen LogP contribution in [0.5, 0.6) is 0 Å². The Labute approximate surface area is 196 Å². The molecule has 7 unspecified atom stereocenters. The molecule has 9 N–H and O–H groups in total. The van der Waals surface area contributed by atoms with Gasteiger partial charge in [-0.2, -0.15) is 4.91 Å². The van der Waals surface area contributed by atoms with Crippen LogP contribution in [0.15, 0.2) is 5.18 Å². The molecular weight excluding hydrogens is 456 g/mol. The number of likely N-dealkylation sites (N-methyl/N-ethyl adjacent to an activating group) is 2. The summed E-state index contributed by atoms with van der Waals surface area (Å²) >= 11 is 0. The van der Waals surface area contributed by atoms with Crippen LogP contribution in [0, 0.1) is 15.7 Å². The number of nitroso groups, excluding NO2 is 1. The van der Waals surface area contributed by atoms with E-state index < -0.39 is 73.4 Å². The van der Waals surface area contributed by atoms with Gasteiger partial charge in [-0.1, -0.05) is 5.18 Å². The lowest BCUT2D eigenvalue weighted by Gasteiger charge is -2.48. The maximum absolute atomic E-state index is 11.3. The fourth-order valence-corrected chi connectivity index (χ4v) is 4.59. The smallest absolute Gasteiger partial charge is 0.383 e. The molecule has 0 amide bonds. The molecule has 3 fully saturated rings.